The van der Waals surface area contributed by atoms with Crippen LogP contribution in [-0.2, 0) is 27.4 Å². The zero-order valence-corrected chi connectivity index (χ0v) is 27.6. The average Bonchev–Trinajstić information content (AvgIpc) is 3.85. The molecular weight excluding hydrogens is 616 g/mol. The first kappa shape index (κ1) is 30.2. The molecule has 0 bridgehead atoms. The van der Waals surface area contributed by atoms with Gasteiger partial charge in [0.1, 0.15) is 10.7 Å². The van der Waals surface area contributed by atoms with E-state index in [1.54, 1.807) is 13.1 Å². The number of fused-ring (bicyclic) bond motifs is 3. The molecule has 7 heterocycles. The quantitative estimate of drug-likeness (QED) is 0.192. The highest BCUT2D eigenvalue weighted by Gasteiger charge is 2.43. The Bertz CT molecular complexity index is 2080. The number of aryl methyl sites for hydroxylation is 3. The van der Waals surface area contributed by atoms with E-state index in [2.05, 4.69) is 45.4 Å². The number of nitrogens with one attached hydrogen (secondary N) is 1. The lowest BCUT2D eigenvalue weighted by Crippen LogP contribution is -2.17. The maximum Gasteiger partial charge on any atom is 0.250 e. The second kappa shape index (κ2) is 11.8. The smallest absolute Gasteiger partial charge is 0.250 e. The summed E-state index contributed by atoms with van der Waals surface area (Å²) in [5.74, 6) is 1.95. The maximum atomic E-state index is 14.1. The highest BCUT2D eigenvalue weighted by molar-refractivity contribution is 7.92. The second-order valence-corrected chi connectivity index (χ2v) is 15.3. The zero-order chi connectivity index (χ0) is 32.3. The van der Waals surface area contributed by atoms with Gasteiger partial charge in [0.15, 0.2) is 21.2 Å². The standard InChI is InChI=1S/C35H38N6O5S/c1-19(2)24-18-47(42,43)33-30(29(35-41-40-20(3)45-35)27(38-31(24)33)7-6-21-11-15-44-16-12-21)28-17-22-10-14-37-34(32(22)46-28)39-26-9-8-25-23(26)5-4-13-36-25/h4-5,10,13-14,17,19,21,24,26H,6-9,11-12,15-16,18H2,1-3H3,(H,37,39)/t24?,26-/m1/s1. The lowest BCUT2D eigenvalue weighted by atomic mass is 9.89. The van der Waals surface area contributed by atoms with Gasteiger partial charge in [-0.3, -0.25) is 9.97 Å². The monoisotopic (exact) mass is 654 g/mol. The Kier molecular flexibility index (Phi) is 7.59. The van der Waals surface area contributed by atoms with Gasteiger partial charge in [-0.15, -0.1) is 10.2 Å². The molecule has 5 aromatic heterocycles. The number of sulfone groups is 1. The number of furan rings is 1. The SMILES string of the molecule is Cc1nnc(-c2c(CCC3CCOCC3)nc3c(c2-c2cc4ccnc(N[C@@H]5CCc6ncccc65)c4o2)S(=O)(=O)CC3C(C)C)o1. The van der Waals surface area contributed by atoms with Crippen molar-refractivity contribution < 1.29 is 22.0 Å². The Morgan fingerprint density at radius 3 is 2.66 bits per heavy atom. The molecule has 0 amide bonds. The molecule has 0 spiro atoms. The molecule has 1 aliphatic carbocycles. The summed E-state index contributed by atoms with van der Waals surface area (Å²) in [6.45, 7) is 7.34. The predicted octanol–water partition coefficient (Wildman–Crippen LogP) is 6.63. The van der Waals surface area contributed by atoms with Crippen molar-refractivity contribution in [1.82, 2.24) is 25.1 Å². The van der Waals surface area contributed by atoms with E-state index in [1.807, 2.05) is 24.4 Å². The summed E-state index contributed by atoms with van der Waals surface area (Å²) in [5.41, 5.74) is 5.12. The van der Waals surface area contributed by atoms with Crippen molar-refractivity contribution in [3.05, 3.63) is 65.2 Å². The molecule has 244 valence electrons. The summed E-state index contributed by atoms with van der Waals surface area (Å²) in [6, 6.07) is 7.86. The molecule has 11 nitrogen and oxygen atoms in total. The first-order chi connectivity index (χ1) is 22.8. The van der Waals surface area contributed by atoms with Gasteiger partial charge in [-0.05, 0) is 74.1 Å². The summed E-state index contributed by atoms with van der Waals surface area (Å²) in [4.78, 5) is 14.6. The van der Waals surface area contributed by atoms with Gasteiger partial charge in [0, 0.05) is 49.5 Å². The van der Waals surface area contributed by atoms with Crippen LogP contribution in [0, 0.1) is 18.8 Å². The zero-order valence-electron chi connectivity index (χ0n) is 26.8. The van der Waals surface area contributed by atoms with Crippen molar-refractivity contribution in [3.63, 3.8) is 0 Å². The van der Waals surface area contributed by atoms with Crippen LogP contribution in [-0.4, -0.2) is 52.5 Å². The van der Waals surface area contributed by atoms with Crippen LogP contribution >= 0.6 is 0 Å². The van der Waals surface area contributed by atoms with E-state index in [9.17, 15) is 8.42 Å². The van der Waals surface area contributed by atoms with E-state index >= 15 is 0 Å². The molecule has 0 saturated carbocycles. The molecule has 2 aliphatic heterocycles. The van der Waals surface area contributed by atoms with Gasteiger partial charge in [-0.1, -0.05) is 19.9 Å². The minimum absolute atomic E-state index is 0.00453. The van der Waals surface area contributed by atoms with E-state index < -0.39 is 9.84 Å². The van der Waals surface area contributed by atoms with Crippen LogP contribution in [0.1, 0.15) is 80.0 Å². The summed E-state index contributed by atoms with van der Waals surface area (Å²) in [5, 5.41) is 12.9. The van der Waals surface area contributed by atoms with Crippen molar-refractivity contribution in [1.29, 1.82) is 0 Å². The van der Waals surface area contributed by atoms with Gasteiger partial charge in [0.2, 0.25) is 11.8 Å². The third-order valence-electron chi connectivity index (χ3n) is 9.95. The van der Waals surface area contributed by atoms with Gasteiger partial charge in [-0.2, -0.15) is 0 Å². The van der Waals surface area contributed by atoms with Crippen molar-refractivity contribution >= 4 is 26.6 Å². The Morgan fingerprint density at radius 2 is 1.87 bits per heavy atom. The van der Waals surface area contributed by atoms with Gasteiger partial charge in [0.25, 0.3) is 0 Å². The van der Waals surface area contributed by atoms with Crippen molar-refractivity contribution in [2.45, 2.75) is 76.2 Å². The molecule has 47 heavy (non-hydrogen) atoms. The summed E-state index contributed by atoms with van der Waals surface area (Å²) in [6.07, 6.45) is 8.85. The lowest BCUT2D eigenvalue weighted by Gasteiger charge is -2.23. The maximum absolute atomic E-state index is 14.1. The molecule has 0 aromatic carbocycles. The van der Waals surface area contributed by atoms with Crippen molar-refractivity contribution in [3.8, 4) is 22.8 Å². The number of hydrogen-bond acceptors (Lipinski definition) is 11. The van der Waals surface area contributed by atoms with Crippen LogP contribution < -0.4 is 5.32 Å². The lowest BCUT2D eigenvalue weighted by molar-refractivity contribution is 0.0639. The van der Waals surface area contributed by atoms with Crippen LogP contribution in [0.4, 0.5) is 5.82 Å². The van der Waals surface area contributed by atoms with E-state index in [0.717, 1.165) is 67.7 Å². The molecule has 12 heteroatoms. The Balaban J connectivity index is 1.31. The summed E-state index contributed by atoms with van der Waals surface area (Å²) >= 11 is 0. The molecule has 5 aromatic rings. The van der Waals surface area contributed by atoms with Gasteiger partial charge < -0.3 is 18.9 Å². The molecule has 1 saturated heterocycles. The minimum atomic E-state index is -3.72. The van der Waals surface area contributed by atoms with E-state index in [-0.39, 0.29) is 34.4 Å². The first-order valence-electron chi connectivity index (χ1n) is 16.5. The predicted molar refractivity (Wildman–Crippen MR) is 176 cm³/mol. The topological polar surface area (TPSA) is 146 Å². The highest BCUT2D eigenvalue weighted by atomic mass is 32.2. The van der Waals surface area contributed by atoms with Crippen LogP contribution in [0.15, 0.2) is 50.4 Å². The highest BCUT2D eigenvalue weighted by Crippen LogP contribution is 2.49. The third kappa shape index (κ3) is 5.41. The minimum Gasteiger partial charge on any atom is -0.452 e. The summed E-state index contributed by atoms with van der Waals surface area (Å²) < 4.78 is 46.5. The fourth-order valence-electron chi connectivity index (χ4n) is 7.45. The normalized spacial score (nSPS) is 20.6. The number of ether oxygens (including phenoxy) is 1. The van der Waals surface area contributed by atoms with E-state index in [0.29, 0.717) is 52.2 Å². The second-order valence-electron chi connectivity index (χ2n) is 13.3. The molecule has 2 atom stereocenters. The molecule has 8 rings (SSSR count). The Morgan fingerprint density at radius 1 is 1.02 bits per heavy atom. The fourth-order valence-corrected chi connectivity index (χ4v) is 9.66. The van der Waals surface area contributed by atoms with Gasteiger partial charge >= 0.3 is 0 Å². The summed E-state index contributed by atoms with van der Waals surface area (Å²) in [7, 11) is -3.72. The van der Waals surface area contributed by atoms with E-state index in [1.165, 1.54) is 0 Å². The number of nitrogens with zero attached hydrogens (tertiary/aromatic N) is 5. The van der Waals surface area contributed by atoms with E-state index in [4.69, 9.17) is 18.6 Å². The molecule has 1 fully saturated rings. The molecular formula is C35H38N6O5S. The average molecular weight is 655 g/mol. The molecule has 1 unspecified atom stereocenters. The number of hydrogen-bond donors (Lipinski definition) is 1. The number of pyridine rings is 3. The van der Waals surface area contributed by atoms with Crippen LogP contribution in [0.2, 0.25) is 0 Å². The Labute approximate surface area is 273 Å². The fraction of sp³-hybridized carbons (Fsp3) is 0.457. The van der Waals surface area contributed by atoms with Crippen LogP contribution in [0.5, 0.6) is 0 Å². The van der Waals surface area contributed by atoms with Gasteiger partial charge in [-0.25, -0.2) is 13.4 Å². The Hall–Kier alpha value is -4.16. The largest absolute Gasteiger partial charge is 0.452 e. The van der Waals surface area contributed by atoms with Crippen LogP contribution in [0.25, 0.3) is 33.7 Å². The number of anilines is 1. The molecule has 3 aliphatic rings. The number of aromatic nitrogens is 5. The molecule has 0 radical (unpaired) electrons. The van der Waals surface area contributed by atoms with Gasteiger partial charge in [0.05, 0.1) is 34.3 Å². The number of rotatable bonds is 8. The van der Waals surface area contributed by atoms with Crippen molar-refractivity contribution in [2.24, 2.45) is 11.8 Å². The first-order valence-corrected chi connectivity index (χ1v) is 18.2. The third-order valence-corrected chi connectivity index (χ3v) is 11.8. The molecule has 1 N–H and O–H groups in total. The van der Waals surface area contributed by atoms with Crippen LogP contribution in [0.3, 0.4) is 0 Å². The van der Waals surface area contributed by atoms with Crippen molar-refractivity contribution in [2.75, 3.05) is 24.3 Å².